The van der Waals surface area contributed by atoms with Crippen molar-refractivity contribution in [3.8, 4) is 0 Å². The van der Waals surface area contributed by atoms with Gasteiger partial charge in [-0.1, -0.05) is 0 Å². The molecule has 1 aliphatic rings. The Morgan fingerprint density at radius 3 is 2.53 bits per heavy atom. The van der Waals surface area contributed by atoms with Crippen molar-refractivity contribution >= 4 is 17.7 Å². The first-order valence-electron chi connectivity index (χ1n) is 5.76. The standard InChI is InChI=1S/C11H19N3O3/c1-7(13-8(2)15)11(17)14-6-4-5-9(14)10(16)12-3/h7,9H,4-6H2,1-3H3,(H,12,16)(H,13,15)/t7-,9-/m0/s1. The summed E-state index contributed by atoms with van der Waals surface area (Å²) < 4.78 is 0. The molecule has 0 aliphatic carbocycles. The van der Waals surface area contributed by atoms with Gasteiger partial charge in [-0.15, -0.1) is 0 Å². The van der Waals surface area contributed by atoms with Gasteiger partial charge in [-0.05, 0) is 19.8 Å². The first-order valence-corrected chi connectivity index (χ1v) is 5.76. The first kappa shape index (κ1) is 13.5. The molecule has 3 amide bonds. The van der Waals surface area contributed by atoms with Crippen molar-refractivity contribution in [3.63, 3.8) is 0 Å². The molecular formula is C11H19N3O3. The molecule has 1 fully saturated rings. The molecule has 1 rings (SSSR count). The summed E-state index contributed by atoms with van der Waals surface area (Å²) in [5, 5.41) is 5.09. The number of carbonyl (C=O) groups excluding carboxylic acids is 3. The molecule has 17 heavy (non-hydrogen) atoms. The van der Waals surface area contributed by atoms with Crippen molar-refractivity contribution in [1.82, 2.24) is 15.5 Å². The highest BCUT2D eigenvalue weighted by Gasteiger charge is 2.35. The van der Waals surface area contributed by atoms with E-state index in [-0.39, 0.29) is 17.7 Å². The Bertz CT molecular complexity index is 330. The molecule has 0 unspecified atom stereocenters. The number of hydrogen-bond donors (Lipinski definition) is 2. The second-order valence-electron chi connectivity index (χ2n) is 4.23. The predicted octanol–water partition coefficient (Wildman–Crippen LogP) is -0.752. The van der Waals surface area contributed by atoms with Gasteiger partial charge in [0.25, 0.3) is 0 Å². The van der Waals surface area contributed by atoms with E-state index in [4.69, 9.17) is 0 Å². The van der Waals surface area contributed by atoms with Crippen molar-refractivity contribution in [2.75, 3.05) is 13.6 Å². The second kappa shape index (κ2) is 5.65. The van der Waals surface area contributed by atoms with Gasteiger partial charge >= 0.3 is 0 Å². The molecule has 1 aliphatic heterocycles. The topological polar surface area (TPSA) is 78.5 Å². The van der Waals surface area contributed by atoms with Crippen LogP contribution in [0.3, 0.4) is 0 Å². The van der Waals surface area contributed by atoms with E-state index in [1.807, 2.05) is 0 Å². The van der Waals surface area contributed by atoms with E-state index in [0.717, 1.165) is 6.42 Å². The maximum atomic E-state index is 12.0. The number of hydrogen-bond acceptors (Lipinski definition) is 3. The summed E-state index contributed by atoms with van der Waals surface area (Å²) in [5.41, 5.74) is 0. The third kappa shape index (κ3) is 3.18. The van der Waals surface area contributed by atoms with Gasteiger partial charge in [-0.2, -0.15) is 0 Å². The van der Waals surface area contributed by atoms with Gasteiger partial charge < -0.3 is 15.5 Å². The molecule has 6 heteroatoms. The normalized spacial score (nSPS) is 20.9. The van der Waals surface area contributed by atoms with Gasteiger partial charge in [-0.3, -0.25) is 14.4 Å². The van der Waals surface area contributed by atoms with Crippen LogP contribution in [0.15, 0.2) is 0 Å². The summed E-state index contributed by atoms with van der Waals surface area (Å²) in [7, 11) is 1.56. The van der Waals surface area contributed by atoms with Gasteiger partial charge in [0.15, 0.2) is 0 Å². The summed E-state index contributed by atoms with van der Waals surface area (Å²) in [5.74, 6) is -0.598. The van der Waals surface area contributed by atoms with Gasteiger partial charge in [0.1, 0.15) is 12.1 Å². The van der Waals surface area contributed by atoms with E-state index < -0.39 is 12.1 Å². The fraction of sp³-hybridized carbons (Fsp3) is 0.727. The molecule has 0 aromatic heterocycles. The third-order valence-corrected chi connectivity index (χ3v) is 2.88. The number of rotatable bonds is 3. The van der Waals surface area contributed by atoms with Crippen LogP contribution in [-0.2, 0) is 14.4 Å². The van der Waals surface area contributed by atoms with E-state index in [2.05, 4.69) is 10.6 Å². The molecule has 1 heterocycles. The summed E-state index contributed by atoms with van der Waals surface area (Å²) in [6.45, 7) is 3.56. The highest BCUT2D eigenvalue weighted by Crippen LogP contribution is 2.18. The van der Waals surface area contributed by atoms with Crippen molar-refractivity contribution in [1.29, 1.82) is 0 Å². The van der Waals surface area contributed by atoms with E-state index in [1.54, 1.807) is 18.9 Å². The smallest absolute Gasteiger partial charge is 0.245 e. The van der Waals surface area contributed by atoms with Crippen LogP contribution in [0.1, 0.15) is 26.7 Å². The minimum absolute atomic E-state index is 0.147. The summed E-state index contributed by atoms with van der Waals surface area (Å²) >= 11 is 0. The van der Waals surface area contributed by atoms with Crippen LogP contribution in [0.25, 0.3) is 0 Å². The Morgan fingerprint density at radius 1 is 1.35 bits per heavy atom. The van der Waals surface area contributed by atoms with Crippen LogP contribution < -0.4 is 10.6 Å². The largest absolute Gasteiger partial charge is 0.357 e. The highest BCUT2D eigenvalue weighted by molar-refractivity contribution is 5.91. The number of nitrogens with one attached hydrogen (secondary N) is 2. The molecule has 2 atom stereocenters. The minimum Gasteiger partial charge on any atom is -0.357 e. The van der Waals surface area contributed by atoms with Crippen LogP contribution in [-0.4, -0.2) is 48.3 Å². The van der Waals surface area contributed by atoms with Crippen LogP contribution in [0.2, 0.25) is 0 Å². The zero-order valence-corrected chi connectivity index (χ0v) is 10.4. The highest BCUT2D eigenvalue weighted by atomic mass is 16.2. The van der Waals surface area contributed by atoms with Gasteiger partial charge in [0.2, 0.25) is 17.7 Å². The molecule has 2 N–H and O–H groups in total. The number of amides is 3. The van der Waals surface area contributed by atoms with Crippen molar-refractivity contribution in [2.24, 2.45) is 0 Å². The average Bonchev–Trinajstić information content (AvgIpc) is 2.74. The minimum atomic E-state index is -0.585. The fourth-order valence-electron chi connectivity index (χ4n) is 2.09. The lowest BCUT2D eigenvalue weighted by Crippen LogP contribution is -2.51. The zero-order chi connectivity index (χ0) is 13.0. The molecule has 6 nitrogen and oxygen atoms in total. The van der Waals surface area contributed by atoms with Gasteiger partial charge in [-0.25, -0.2) is 0 Å². The predicted molar refractivity (Wildman–Crippen MR) is 62.1 cm³/mol. The lowest BCUT2D eigenvalue weighted by atomic mass is 10.2. The summed E-state index contributed by atoms with van der Waals surface area (Å²) in [4.78, 5) is 36.0. The van der Waals surface area contributed by atoms with Crippen molar-refractivity contribution in [3.05, 3.63) is 0 Å². The molecule has 0 spiro atoms. The van der Waals surface area contributed by atoms with E-state index in [0.29, 0.717) is 13.0 Å². The molecule has 1 saturated heterocycles. The molecule has 0 aromatic carbocycles. The van der Waals surface area contributed by atoms with E-state index >= 15 is 0 Å². The number of likely N-dealkylation sites (tertiary alicyclic amines) is 1. The maximum Gasteiger partial charge on any atom is 0.245 e. The van der Waals surface area contributed by atoms with Crippen molar-refractivity contribution in [2.45, 2.75) is 38.8 Å². The van der Waals surface area contributed by atoms with Gasteiger partial charge in [0.05, 0.1) is 0 Å². The molecule has 0 aromatic rings. The molecule has 0 radical (unpaired) electrons. The van der Waals surface area contributed by atoms with Crippen LogP contribution in [0, 0.1) is 0 Å². The lowest BCUT2D eigenvalue weighted by Gasteiger charge is -2.26. The first-order chi connectivity index (χ1) is 7.97. The monoisotopic (exact) mass is 241 g/mol. The zero-order valence-electron chi connectivity index (χ0n) is 10.4. The summed E-state index contributed by atoms with van der Waals surface area (Å²) in [6, 6.07) is -0.985. The second-order valence-corrected chi connectivity index (χ2v) is 4.23. The fourth-order valence-corrected chi connectivity index (χ4v) is 2.09. The summed E-state index contributed by atoms with van der Waals surface area (Å²) in [6.07, 6.45) is 1.49. The van der Waals surface area contributed by atoms with Crippen molar-refractivity contribution < 1.29 is 14.4 Å². The Labute approximate surface area is 101 Å². The van der Waals surface area contributed by atoms with Crippen LogP contribution >= 0.6 is 0 Å². The third-order valence-electron chi connectivity index (χ3n) is 2.88. The Morgan fingerprint density at radius 2 is 2.00 bits per heavy atom. The van der Waals surface area contributed by atoms with Gasteiger partial charge in [0, 0.05) is 20.5 Å². The molecule has 0 saturated carbocycles. The molecule has 96 valence electrons. The van der Waals surface area contributed by atoms with Crippen LogP contribution in [0.5, 0.6) is 0 Å². The Balaban J connectivity index is 2.67. The Kier molecular flexibility index (Phi) is 4.48. The van der Waals surface area contributed by atoms with Crippen LogP contribution in [0.4, 0.5) is 0 Å². The number of carbonyl (C=O) groups is 3. The Hall–Kier alpha value is -1.59. The quantitative estimate of drug-likeness (QED) is 0.682. The van der Waals surface area contributed by atoms with E-state index in [9.17, 15) is 14.4 Å². The SMILES string of the molecule is CNC(=O)[C@@H]1CCCN1C(=O)[C@H](C)NC(C)=O. The van der Waals surface area contributed by atoms with E-state index in [1.165, 1.54) is 6.92 Å². The maximum absolute atomic E-state index is 12.0. The lowest BCUT2D eigenvalue weighted by molar-refractivity contribution is -0.140. The molecule has 0 bridgehead atoms. The number of nitrogens with zero attached hydrogens (tertiary/aromatic N) is 1. The molecular weight excluding hydrogens is 222 g/mol. The number of likely N-dealkylation sites (N-methyl/N-ethyl adjacent to an activating group) is 1. The average molecular weight is 241 g/mol.